The standard InChI is InChI=1S/C11H15ClN2.C8H18N2/c1-9-8-10(12)2-3-11(9)14-6-4-13-5-7-14;1-2-10-7-3-4-8(10)5-6-9/h2-3,8,13H,4-7H2,1H3;8H,2-7,9H2,1H3. The van der Waals surface area contributed by atoms with E-state index in [0.717, 1.165) is 43.8 Å². The molecule has 24 heavy (non-hydrogen) atoms. The van der Waals surface area contributed by atoms with Gasteiger partial charge in [-0.3, -0.25) is 0 Å². The smallest absolute Gasteiger partial charge is 0.0410 e. The van der Waals surface area contributed by atoms with Crippen molar-refractivity contribution in [3.8, 4) is 0 Å². The molecule has 1 unspecified atom stereocenters. The molecule has 3 rings (SSSR count). The van der Waals surface area contributed by atoms with Gasteiger partial charge in [0, 0.05) is 42.9 Å². The van der Waals surface area contributed by atoms with E-state index in [4.69, 9.17) is 17.3 Å². The number of nitrogens with zero attached hydrogens (tertiary/aromatic N) is 2. The second-order valence-electron chi connectivity index (χ2n) is 6.67. The highest BCUT2D eigenvalue weighted by molar-refractivity contribution is 6.30. The quantitative estimate of drug-likeness (QED) is 0.874. The van der Waals surface area contributed by atoms with Gasteiger partial charge in [0.15, 0.2) is 0 Å². The Bertz CT molecular complexity index is 488. The van der Waals surface area contributed by atoms with E-state index in [9.17, 15) is 0 Å². The van der Waals surface area contributed by atoms with E-state index in [0.29, 0.717) is 0 Å². The zero-order valence-electron chi connectivity index (χ0n) is 15.2. The van der Waals surface area contributed by atoms with Crippen LogP contribution < -0.4 is 16.0 Å². The lowest BCUT2D eigenvalue weighted by Crippen LogP contribution is -2.43. The van der Waals surface area contributed by atoms with Crippen LogP contribution in [0.3, 0.4) is 0 Å². The van der Waals surface area contributed by atoms with E-state index in [1.165, 1.54) is 43.6 Å². The van der Waals surface area contributed by atoms with Crippen molar-refractivity contribution in [1.29, 1.82) is 0 Å². The van der Waals surface area contributed by atoms with Crippen molar-refractivity contribution in [2.75, 3.05) is 50.7 Å². The van der Waals surface area contributed by atoms with Gasteiger partial charge in [0.1, 0.15) is 0 Å². The van der Waals surface area contributed by atoms with Crippen molar-refractivity contribution in [3.05, 3.63) is 28.8 Å². The third-order valence-corrected chi connectivity index (χ3v) is 5.26. The summed E-state index contributed by atoms with van der Waals surface area (Å²) < 4.78 is 0. The van der Waals surface area contributed by atoms with Crippen molar-refractivity contribution in [1.82, 2.24) is 10.2 Å². The van der Waals surface area contributed by atoms with E-state index in [-0.39, 0.29) is 0 Å². The lowest BCUT2D eigenvalue weighted by atomic mass is 10.1. The molecule has 1 aromatic rings. The predicted molar refractivity (Wildman–Crippen MR) is 105 cm³/mol. The summed E-state index contributed by atoms with van der Waals surface area (Å²) in [7, 11) is 0. The molecule has 2 heterocycles. The molecule has 0 spiro atoms. The summed E-state index contributed by atoms with van der Waals surface area (Å²) in [6.45, 7) is 12.0. The number of nitrogens with one attached hydrogen (secondary N) is 1. The normalized spacial score (nSPS) is 21.5. The number of hydrogen-bond donors (Lipinski definition) is 2. The van der Waals surface area contributed by atoms with Crippen LogP contribution in [0.25, 0.3) is 0 Å². The first-order valence-corrected chi connectivity index (χ1v) is 9.69. The van der Waals surface area contributed by atoms with Crippen LogP contribution in [-0.4, -0.2) is 56.8 Å². The number of benzene rings is 1. The number of piperazine rings is 1. The number of hydrogen-bond acceptors (Lipinski definition) is 4. The average Bonchev–Trinajstić information content (AvgIpc) is 3.04. The van der Waals surface area contributed by atoms with E-state index in [2.05, 4.69) is 35.0 Å². The summed E-state index contributed by atoms with van der Waals surface area (Å²) in [6.07, 6.45) is 3.93. The maximum Gasteiger partial charge on any atom is 0.0410 e. The molecule has 4 nitrogen and oxygen atoms in total. The van der Waals surface area contributed by atoms with Gasteiger partial charge in [0.25, 0.3) is 0 Å². The Balaban J connectivity index is 0.000000185. The molecular formula is C19H33ClN4. The second-order valence-corrected chi connectivity index (χ2v) is 7.11. The van der Waals surface area contributed by atoms with E-state index in [1.807, 2.05) is 12.1 Å². The average molecular weight is 353 g/mol. The maximum atomic E-state index is 5.93. The second kappa shape index (κ2) is 10.2. The van der Waals surface area contributed by atoms with Crippen LogP contribution in [0.5, 0.6) is 0 Å². The van der Waals surface area contributed by atoms with Gasteiger partial charge in [0.05, 0.1) is 0 Å². The van der Waals surface area contributed by atoms with Crippen LogP contribution in [0.15, 0.2) is 18.2 Å². The molecule has 1 aromatic carbocycles. The molecule has 0 saturated carbocycles. The van der Waals surface area contributed by atoms with Gasteiger partial charge in [-0.1, -0.05) is 18.5 Å². The zero-order chi connectivity index (χ0) is 17.4. The Morgan fingerprint density at radius 1 is 1.25 bits per heavy atom. The minimum atomic E-state index is 0.801. The Morgan fingerprint density at radius 2 is 2.00 bits per heavy atom. The summed E-state index contributed by atoms with van der Waals surface area (Å²) in [4.78, 5) is 4.94. The largest absolute Gasteiger partial charge is 0.369 e. The molecule has 136 valence electrons. The van der Waals surface area contributed by atoms with E-state index >= 15 is 0 Å². The molecule has 2 fully saturated rings. The predicted octanol–water partition coefficient (Wildman–Crippen LogP) is 2.88. The topological polar surface area (TPSA) is 44.5 Å². The molecule has 2 aliphatic heterocycles. The number of rotatable bonds is 4. The van der Waals surface area contributed by atoms with E-state index < -0.39 is 0 Å². The van der Waals surface area contributed by atoms with Crippen molar-refractivity contribution in [2.45, 2.75) is 39.2 Å². The lowest BCUT2D eigenvalue weighted by Gasteiger charge is -2.30. The van der Waals surface area contributed by atoms with Crippen LogP contribution in [0.1, 0.15) is 31.7 Å². The summed E-state index contributed by atoms with van der Waals surface area (Å²) >= 11 is 5.93. The summed E-state index contributed by atoms with van der Waals surface area (Å²) in [5, 5.41) is 4.17. The van der Waals surface area contributed by atoms with Gasteiger partial charge in [-0.05, 0) is 69.6 Å². The molecule has 1 atom stereocenters. The number of anilines is 1. The highest BCUT2D eigenvalue weighted by atomic mass is 35.5. The van der Waals surface area contributed by atoms with Gasteiger partial charge in [0.2, 0.25) is 0 Å². The van der Waals surface area contributed by atoms with Crippen LogP contribution in [0.4, 0.5) is 5.69 Å². The lowest BCUT2D eigenvalue weighted by molar-refractivity contribution is 0.258. The van der Waals surface area contributed by atoms with Gasteiger partial charge in [-0.25, -0.2) is 0 Å². The van der Waals surface area contributed by atoms with Crippen LogP contribution >= 0.6 is 11.6 Å². The molecule has 0 aromatic heterocycles. The number of nitrogens with two attached hydrogens (primary N) is 1. The fourth-order valence-corrected chi connectivity index (χ4v) is 3.94. The summed E-state index contributed by atoms with van der Waals surface area (Å²) in [6, 6.07) is 6.91. The molecule has 3 N–H and O–H groups in total. The number of halogens is 1. The van der Waals surface area contributed by atoms with Gasteiger partial charge in [-0.15, -0.1) is 0 Å². The van der Waals surface area contributed by atoms with Crippen LogP contribution in [0.2, 0.25) is 5.02 Å². The van der Waals surface area contributed by atoms with Gasteiger partial charge >= 0.3 is 0 Å². The van der Waals surface area contributed by atoms with Crippen molar-refractivity contribution >= 4 is 17.3 Å². The molecule has 0 aliphatic carbocycles. The fraction of sp³-hybridized carbons (Fsp3) is 0.684. The Hall–Kier alpha value is -0.810. The Morgan fingerprint density at radius 3 is 2.62 bits per heavy atom. The maximum absolute atomic E-state index is 5.93. The minimum Gasteiger partial charge on any atom is -0.369 e. The SMILES string of the molecule is CCN1CCCC1CCN.Cc1cc(Cl)ccc1N1CCNCC1. The monoisotopic (exact) mass is 352 g/mol. The first-order valence-electron chi connectivity index (χ1n) is 9.31. The van der Waals surface area contributed by atoms with E-state index in [1.54, 1.807) is 0 Å². The number of aryl methyl sites for hydroxylation is 1. The van der Waals surface area contributed by atoms with Crippen LogP contribution in [0, 0.1) is 6.92 Å². The zero-order valence-corrected chi connectivity index (χ0v) is 16.0. The van der Waals surface area contributed by atoms with Gasteiger partial charge < -0.3 is 20.9 Å². The summed E-state index contributed by atoms with van der Waals surface area (Å²) in [5.41, 5.74) is 8.08. The Labute approximate surface area is 152 Å². The fourth-order valence-electron chi connectivity index (χ4n) is 3.71. The molecule has 0 radical (unpaired) electrons. The van der Waals surface area contributed by atoms with Crippen molar-refractivity contribution < 1.29 is 0 Å². The molecular weight excluding hydrogens is 320 g/mol. The molecule has 2 saturated heterocycles. The molecule has 5 heteroatoms. The Kier molecular flexibility index (Phi) is 8.33. The third-order valence-electron chi connectivity index (χ3n) is 5.02. The minimum absolute atomic E-state index is 0.801. The van der Waals surface area contributed by atoms with Crippen LogP contribution in [-0.2, 0) is 0 Å². The summed E-state index contributed by atoms with van der Waals surface area (Å²) in [5.74, 6) is 0. The highest BCUT2D eigenvalue weighted by Crippen LogP contribution is 2.23. The highest BCUT2D eigenvalue weighted by Gasteiger charge is 2.21. The number of likely N-dealkylation sites (tertiary alicyclic amines) is 1. The van der Waals surface area contributed by atoms with Crippen molar-refractivity contribution in [3.63, 3.8) is 0 Å². The van der Waals surface area contributed by atoms with Gasteiger partial charge in [-0.2, -0.15) is 0 Å². The first-order chi connectivity index (χ1) is 11.7. The first kappa shape index (κ1) is 19.5. The van der Waals surface area contributed by atoms with Crippen molar-refractivity contribution in [2.24, 2.45) is 5.73 Å². The molecule has 0 bridgehead atoms. The third kappa shape index (κ3) is 5.62. The molecule has 2 aliphatic rings. The molecule has 0 amide bonds.